The van der Waals surface area contributed by atoms with Crippen LogP contribution in [0.1, 0.15) is 142 Å². The monoisotopic (exact) mass is 1340 g/mol. The van der Waals surface area contributed by atoms with E-state index >= 15 is 0 Å². The van der Waals surface area contributed by atoms with Crippen LogP contribution in [0.3, 0.4) is 0 Å². The van der Waals surface area contributed by atoms with Crippen molar-refractivity contribution < 1.29 is 55.8 Å². The number of aromatic nitrogens is 2. The molecule has 6 aromatic carbocycles. The Kier molecular flexibility index (Phi) is 31.1. The van der Waals surface area contributed by atoms with Gasteiger partial charge in [-0.25, -0.2) is 27.5 Å². The highest BCUT2D eigenvalue weighted by atomic mass is 35.5. The van der Waals surface area contributed by atoms with Gasteiger partial charge < -0.3 is 50.1 Å². The molecular formula is C72H86Cl2F4N8O8. The summed E-state index contributed by atoms with van der Waals surface area (Å²) in [5.74, 6) is -3.94. The smallest absolute Gasteiger partial charge is 0.254 e. The van der Waals surface area contributed by atoms with Crippen molar-refractivity contribution in [1.82, 2.24) is 35.3 Å². The molecule has 0 saturated carbocycles. The van der Waals surface area contributed by atoms with E-state index in [9.17, 15) is 47.0 Å². The Labute approximate surface area is 560 Å². The summed E-state index contributed by atoms with van der Waals surface area (Å²) in [6.07, 6.45) is 8.19. The summed E-state index contributed by atoms with van der Waals surface area (Å²) in [6.45, 7) is 14.9. The number of oxazole rings is 2. The number of halogens is 6. The number of nitrogens with two attached hydrogens (primary N) is 1. The Morgan fingerprint density at radius 3 is 1.37 bits per heavy atom. The molecule has 8 rings (SSSR count). The lowest BCUT2D eigenvalue weighted by molar-refractivity contribution is 0.0554. The molecule has 0 fully saturated rings. The van der Waals surface area contributed by atoms with Crippen LogP contribution in [0.4, 0.5) is 17.6 Å². The Bertz CT molecular complexity index is 3640. The molecule has 0 aliphatic heterocycles. The zero-order valence-electron chi connectivity index (χ0n) is 54.0. The molecule has 0 spiro atoms. The average Bonchev–Trinajstić information content (AvgIpc) is 1.21. The number of nitrogens with zero attached hydrogens (tertiary/aromatic N) is 5. The first-order valence-corrected chi connectivity index (χ1v) is 31.5. The molecule has 0 aliphatic rings. The Morgan fingerprint density at radius 2 is 0.926 bits per heavy atom. The van der Waals surface area contributed by atoms with Crippen LogP contribution >= 0.6 is 24.8 Å². The number of rotatable bonds is 31. The number of hydrogen-bond acceptors (Lipinski definition) is 12. The van der Waals surface area contributed by atoms with E-state index in [-0.39, 0.29) is 97.6 Å². The molecule has 0 unspecified atom stereocenters. The molecule has 0 saturated heterocycles. The average molecular weight is 1340 g/mol. The van der Waals surface area contributed by atoms with Gasteiger partial charge >= 0.3 is 0 Å². The fourth-order valence-corrected chi connectivity index (χ4v) is 10.9. The van der Waals surface area contributed by atoms with Crippen molar-refractivity contribution in [2.24, 2.45) is 5.73 Å². The molecule has 94 heavy (non-hydrogen) atoms. The van der Waals surface area contributed by atoms with E-state index in [0.29, 0.717) is 60.5 Å². The maximum absolute atomic E-state index is 14.3. The van der Waals surface area contributed by atoms with Crippen molar-refractivity contribution in [3.05, 3.63) is 225 Å². The Morgan fingerprint density at radius 1 is 0.511 bits per heavy atom. The van der Waals surface area contributed by atoms with Crippen molar-refractivity contribution in [1.29, 1.82) is 0 Å². The molecule has 0 radical (unpaired) electrons. The van der Waals surface area contributed by atoms with Crippen LogP contribution in [0.2, 0.25) is 0 Å². The van der Waals surface area contributed by atoms with E-state index in [1.54, 1.807) is 40.1 Å². The fraction of sp³-hybridized carbons (Fsp3) is 0.361. The van der Waals surface area contributed by atoms with E-state index in [0.717, 1.165) is 67.3 Å². The molecule has 16 nitrogen and oxygen atoms in total. The minimum Gasteiger partial charge on any atom is -0.445 e. The summed E-state index contributed by atoms with van der Waals surface area (Å²) in [5.41, 5.74) is 12.9. The number of benzene rings is 6. The molecule has 0 bridgehead atoms. The number of aliphatic hydroxyl groups excluding tert-OH is 2. The third kappa shape index (κ3) is 22.5. The minimum absolute atomic E-state index is 0. The van der Waals surface area contributed by atoms with Gasteiger partial charge in [0, 0.05) is 104 Å². The number of aryl methyl sites for hydroxylation is 2. The number of amides is 4. The maximum Gasteiger partial charge on any atom is 0.254 e. The van der Waals surface area contributed by atoms with Crippen LogP contribution in [0.5, 0.6) is 0 Å². The first-order valence-electron chi connectivity index (χ1n) is 31.5. The summed E-state index contributed by atoms with van der Waals surface area (Å²) >= 11 is 0. The quantitative estimate of drug-likeness (QED) is 0.0256. The standard InChI is InChI=1S/2C36H42F2N4O4.2ClH/c1-4-11-41(12-5-2)35(44)28-18-27(34-40-10-13-46-34)19-29(20-28)36(45)42(22-25-9-7-8-24(6-3)14-25)23-33(43)32(39)17-26-15-30(37)21-31(38)16-26;1-4-11-42(12-5-2)36(45)29-19-27(18-28(20-29)35-40-10-13-46-35)34(44)41-32(17-26-15-30(37)21-31(38)16-26)33(43)23-39-22-25-9-7-8-24(6-3)14-25;;/h7-10,13-16,18-21,32-33,43H,4-6,11-12,17,22-23,39H2,1-3H3;7-10,13-16,18-21,32-33,39,43H,4-6,11-12,17,22-23H2,1-3H3,(H,41,44);2*1H/t2*32-,33+;;/m00../s1. The number of nitrogens with one attached hydrogen (secondary N) is 2. The third-order valence-corrected chi connectivity index (χ3v) is 15.4. The molecule has 4 amide bonds. The first kappa shape index (κ1) is 76.5. The summed E-state index contributed by atoms with van der Waals surface area (Å²) in [7, 11) is 0. The van der Waals surface area contributed by atoms with Gasteiger partial charge in [0.25, 0.3) is 23.6 Å². The molecule has 8 aromatic rings. The van der Waals surface area contributed by atoms with Gasteiger partial charge in [0.05, 0.1) is 30.6 Å². The second-order valence-electron chi connectivity index (χ2n) is 22.9. The van der Waals surface area contributed by atoms with Crippen molar-refractivity contribution >= 4 is 48.4 Å². The minimum atomic E-state index is -1.23. The van der Waals surface area contributed by atoms with Crippen LogP contribution in [-0.2, 0) is 38.8 Å². The molecule has 2 aromatic heterocycles. The van der Waals surface area contributed by atoms with Gasteiger partial charge in [-0.05, 0) is 145 Å². The normalized spacial score (nSPS) is 12.2. The number of hydrogen-bond donors (Lipinski definition) is 5. The highest BCUT2D eigenvalue weighted by Crippen LogP contribution is 2.27. The SMILES string of the molecule is CCCN(CCC)C(=O)c1cc(C(=O)N(Cc2cccc(CC)c2)C[C@@H](O)[C@@H](N)Cc2cc(F)cc(F)c2)cc(-c2ncco2)c1.CCCN(CCC)C(=O)c1cc(C(=O)N[C@@H](Cc2cc(F)cc(F)c2)[C@H](O)CNCc2cccc(CC)c2)cc(-c2ncco2)c1.Cl.Cl. The van der Waals surface area contributed by atoms with Crippen LogP contribution < -0.4 is 16.4 Å². The number of carbonyl (C=O) groups excluding carboxylic acids is 4. The second-order valence-corrected chi connectivity index (χ2v) is 22.9. The van der Waals surface area contributed by atoms with Crippen LogP contribution in [0, 0.1) is 23.3 Å². The summed E-state index contributed by atoms with van der Waals surface area (Å²) < 4.78 is 66.8. The summed E-state index contributed by atoms with van der Waals surface area (Å²) in [4.78, 5) is 68.8. The molecule has 6 N–H and O–H groups in total. The zero-order valence-corrected chi connectivity index (χ0v) is 55.6. The highest BCUT2D eigenvalue weighted by Gasteiger charge is 2.29. The predicted molar refractivity (Wildman–Crippen MR) is 361 cm³/mol. The van der Waals surface area contributed by atoms with E-state index in [1.807, 2.05) is 77.1 Å². The Balaban J connectivity index is 0.000000333. The Hall–Kier alpha value is -8.24. The molecular weight excluding hydrogens is 1250 g/mol. The largest absolute Gasteiger partial charge is 0.445 e. The van der Waals surface area contributed by atoms with Crippen molar-refractivity contribution in [2.75, 3.05) is 39.3 Å². The van der Waals surface area contributed by atoms with Crippen LogP contribution in [-0.4, -0.2) is 122 Å². The predicted octanol–water partition coefficient (Wildman–Crippen LogP) is 12.8. The van der Waals surface area contributed by atoms with Gasteiger partial charge in [0.2, 0.25) is 11.8 Å². The first-order chi connectivity index (χ1) is 44.3. The zero-order chi connectivity index (χ0) is 66.3. The van der Waals surface area contributed by atoms with Gasteiger partial charge in [-0.1, -0.05) is 90.1 Å². The van der Waals surface area contributed by atoms with Gasteiger partial charge in [-0.2, -0.15) is 0 Å². The van der Waals surface area contributed by atoms with Crippen molar-refractivity contribution in [3.8, 4) is 22.9 Å². The van der Waals surface area contributed by atoms with E-state index in [4.69, 9.17) is 14.6 Å². The van der Waals surface area contributed by atoms with E-state index < -0.39 is 59.4 Å². The maximum atomic E-state index is 14.3. The summed E-state index contributed by atoms with van der Waals surface area (Å²) in [5, 5.41) is 28.6. The van der Waals surface area contributed by atoms with Gasteiger partial charge in [0.1, 0.15) is 35.8 Å². The molecule has 2 heterocycles. The lowest BCUT2D eigenvalue weighted by atomic mass is 9.99. The molecule has 4 atom stereocenters. The molecule has 0 aliphatic carbocycles. The van der Waals surface area contributed by atoms with Crippen molar-refractivity contribution in [2.45, 2.75) is 130 Å². The van der Waals surface area contributed by atoms with Gasteiger partial charge in [-0.15, -0.1) is 24.8 Å². The molecule has 22 heteroatoms. The fourth-order valence-electron chi connectivity index (χ4n) is 10.9. The van der Waals surface area contributed by atoms with E-state index in [2.05, 4.69) is 33.6 Å². The summed E-state index contributed by atoms with van der Waals surface area (Å²) in [6, 6.07) is 29.8. The van der Waals surface area contributed by atoms with Crippen LogP contribution in [0.15, 0.2) is 155 Å². The second kappa shape index (κ2) is 38.2. The van der Waals surface area contributed by atoms with Gasteiger partial charge in [0.15, 0.2) is 0 Å². The molecule has 504 valence electrons. The highest BCUT2D eigenvalue weighted by molar-refractivity contribution is 6.02. The van der Waals surface area contributed by atoms with E-state index in [1.165, 1.54) is 65.7 Å². The number of carbonyl (C=O) groups is 4. The van der Waals surface area contributed by atoms with Gasteiger partial charge in [-0.3, -0.25) is 19.2 Å². The van der Waals surface area contributed by atoms with Crippen molar-refractivity contribution in [3.63, 3.8) is 0 Å². The lowest BCUT2D eigenvalue weighted by Gasteiger charge is -2.29. The topological polar surface area (TPSA) is 221 Å². The number of aliphatic hydroxyl groups is 2. The third-order valence-electron chi connectivity index (χ3n) is 15.4. The lowest BCUT2D eigenvalue weighted by Crippen LogP contribution is -2.48. The van der Waals surface area contributed by atoms with Crippen LogP contribution in [0.25, 0.3) is 22.9 Å².